The maximum Gasteiger partial charge on any atom is 0.261 e. The Kier molecular flexibility index (Phi) is 5.00. The van der Waals surface area contributed by atoms with Crippen molar-refractivity contribution in [1.29, 1.82) is 0 Å². The highest BCUT2D eigenvalue weighted by molar-refractivity contribution is 7.92. The van der Waals surface area contributed by atoms with E-state index in [-0.39, 0.29) is 11.0 Å². The van der Waals surface area contributed by atoms with Crippen LogP contribution in [0.25, 0.3) is 0 Å². The highest BCUT2D eigenvalue weighted by Crippen LogP contribution is 2.48. The summed E-state index contributed by atoms with van der Waals surface area (Å²) in [6.45, 7) is 0.749. The maximum atomic E-state index is 12.9. The molecule has 2 aliphatic heterocycles. The van der Waals surface area contributed by atoms with Gasteiger partial charge < -0.3 is 10.1 Å². The van der Waals surface area contributed by atoms with Crippen molar-refractivity contribution in [2.45, 2.75) is 55.6 Å². The van der Waals surface area contributed by atoms with Crippen LogP contribution in [-0.4, -0.2) is 21.1 Å². The summed E-state index contributed by atoms with van der Waals surface area (Å²) >= 11 is 0. The Labute approximate surface area is 172 Å². The molecule has 3 unspecified atom stereocenters. The number of rotatable bonds is 4. The summed E-state index contributed by atoms with van der Waals surface area (Å²) in [4.78, 5) is 0.285. The van der Waals surface area contributed by atoms with E-state index < -0.39 is 10.0 Å². The van der Waals surface area contributed by atoms with Crippen molar-refractivity contribution < 1.29 is 13.2 Å². The van der Waals surface area contributed by atoms with Gasteiger partial charge in [-0.15, -0.1) is 0 Å². The number of hydrogen-bond donors (Lipinski definition) is 2. The predicted molar refractivity (Wildman–Crippen MR) is 114 cm³/mol. The molecule has 5 nitrogen and oxygen atoms in total. The number of fused-ring (bicyclic) bond motifs is 3. The lowest BCUT2D eigenvalue weighted by molar-refractivity contribution is 0.0730. The number of hydrogen-bond acceptors (Lipinski definition) is 4. The normalized spacial score (nSPS) is 27.0. The third kappa shape index (κ3) is 3.64. The minimum Gasteiger partial charge on any atom is -0.381 e. The Morgan fingerprint density at radius 2 is 1.76 bits per heavy atom. The first-order chi connectivity index (χ1) is 14.1. The van der Waals surface area contributed by atoms with Crippen LogP contribution < -0.4 is 10.0 Å². The second kappa shape index (κ2) is 7.65. The topological polar surface area (TPSA) is 67.4 Å². The predicted octanol–water partition coefficient (Wildman–Crippen LogP) is 4.94. The zero-order valence-electron chi connectivity index (χ0n) is 16.5. The molecule has 0 spiro atoms. The minimum absolute atomic E-state index is 0.00921. The van der Waals surface area contributed by atoms with Crippen LogP contribution in [0.3, 0.4) is 0 Å². The zero-order chi connectivity index (χ0) is 19.8. The van der Waals surface area contributed by atoms with E-state index in [1.807, 2.05) is 24.3 Å². The summed E-state index contributed by atoms with van der Waals surface area (Å²) in [5.74, 6) is 1.11. The van der Waals surface area contributed by atoms with E-state index in [9.17, 15) is 8.42 Å². The molecule has 1 aliphatic carbocycles. The molecule has 1 saturated carbocycles. The summed E-state index contributed by atoms with van der Waals surface area (Å²) in [5.41, 5.74) is 2.58. The minimum atomic E-state index is -3.64. The van der Waals surface area contributed by atoms with Crippen molar-refractivity contribution >= 4 is 21.4 Å². The number of anilines is 2. The third-order valence-electron chi connectivity index (χ3n) is 6.74. The van der Waals surface area contributed by atoms with Gasteiger partial charge in [-0.3, -0.25) is 4.72 Å². The van der Waals surface area contributed by atoms with E-state index in [1.54, 1.807) is 24.3 Å². The Morgan fingerprint density at radius 1 is 0.966 bits per heavy atom. The SMILES string of the molecule is O=S(=O)(Nc1ccccc1)c1ccc2c(c1)C1OCCC1C(C1CCCCC1)N2. The molecule has 0 amide bonds. The molecule has 0 radical (unpaired) electrons. The molecule has 29 heavy (non-hydrogen) atoms. The summed E-state index contributed by atoms with van der Waals surface area (Å²) in [6, 6.07) is 14.8. The van der Waals surface area contributed by atoms with Gasteiger partial charge in [0.2, 0.25) is 0 Å². The first-order valence-electron chi connectivity index (χ1n) is 10.7. The van der Waals surface area contributed by atoms with E-state index in [0.717, 1.165) is 24.3 Å². The molecule has 1 saturated heterocycles. The molecule has 3 atom stereocenters. The van der Waals surface area contributed by atoms with Gasteiger partial charge in [0.1, 0.15) is 0 Å². The van der Waals surface area contributed by atoms with Crippen molar-refractivity contribution in [3.8, 4) is 0 Å². The smallest absolute Gasteiger partial charge is 0.261 e. The Morgan fingerprint density at radius 3 is 2.55 bits per heavy atom. The summed E-state index contributed by atoms with van der Waals surface area (Å²) < 4.78 is 34.6. The molecule has 2 aromatic rings. The first-order valence-corrected chi connectivity index (χ1v) is 12.2. The highest BCUT2D eigenvalue weighted by Gasteiger charge is 2.44. The van der Waals surface area contributed by atoms with Crippen LogP contribution in [0.2, 0.25) is 0 Å². The van der Waals surface area contributed by atoms with Crippen molar-refractivity contribution in [3.63, 3.8) is 0 Å². The van der Waals surface area contributed by atoms with Crippen LogP contribution in [0.4, 0.5) is 11.4 Å². The molecule has 2 fully saturated rings. The maximum absolute atomic E-state index is 12.9. The molecule has 0 aromatic heterocycles. The van der Waals surface area contributed by atoms with Gasteiger partial charge in [-0.05, 0) is 55.5 Å². The van der Waals surface area contributed by atoms with Gasteiger partial charge >= 0.3 is 0 Å². The summed E-state index contributed by atoms with van der Waals surface area (Å²) in [6.07, 6.45) is 7.57. The second-order valence-corrected chi connectivity index (χ2v) is 10.2. The van der Waals surface area contributed by atoms with Crippen molar-refractivity contribution in [2.24, 2.45) is 11.8 Å². The molecule has 2 heterocycles. The Hall–Kier alpha value is -2.05. The lowest BCUT2D eigenvalue weighted by Gasteiger charge is -2.42. The third-order valence-corrected chi connectivity index (χ3v) is 8.12. The van der Waals surface area contributed by atoms with E-state index in [2.05, 4.69) is 10.0 Å². The van der Waals surface area contributed by atoms with Crippen LogP contribution in [0.15, 0.2) is 53.4 Å². The summed E-state index contributed by atoms with van der Waals surface area (Å²) in [7, 11) is -3.64. The van der Waals surface area contributed by atoms with Crippen LogP contribution in [-0.2, 0) is 14.8 Å². The fraction of sp³-hybridized carbons (Fsp3) is 0.478. The van der Waals surface area contributed by atoms with Gasteiger partial charge in [-0.2, -0.15) is 0 Å². The van der Waals surface area contributed by atoms with Gasteiger partial charge in [0.15, 0.2) is 0 Å². The van der Waals surface area contributed by atoms with E-state index in [4.69, 9.17) is 4.74 Å². The van der Waals surface area contributed by atoms with Crippen LogP contribution >= 0.6 is 0 Å². The zero-order valence-corrected chi connectivity index (χ0v) is 17.3. The molecule has 154 valence electrons. The van der Waals surface area contributed by atoms with Crippen molar-refractivity contribution in [3.05, 3.63) is 54.1 Å². The molecule has 2 aromatic carbocycles. The molecule has 0 bridgehead atoms. The van der Waals surface area contributed by atoms with Gasteiger partial charge in [0.05, 0.1) is 11.0 Å². The molecule has 3 aliphatic rings. The lowest BCUT2D eigenvalue weighted by Crippen LogP contribution is -2.42. The number of para-hydroxylation sites is 1. The quantitative estimate of drug-likeness (QED) is 0.746. The van der Waals surface area contributed by atoms with Crippen molar-refractivity contribution in [2.75, 3.05) is 16.6 Å². The first kappa shape index (κ1) is 18.9. The molecular formula is C23H28N2O3S. The largest absolute Gasteiger partial charge is 0.381 e. The second-order valence-electron chi connectivity index (χ2n) is 8.53. The average molecular weight is 413 g/mol. The number of ether oxygens (including phenoxy) is 1. The fourth-order valence-electron chi connectivity index (χ4n) is 5.34. The van der Waals surface area contributed by atoms with Gasteiger partial charge in [0.25, 0.3) is 10.0 Å². The summed E-state index contributed by atoms with van der Waals surface area (Å²) in [5, 5.41) is 3.77. The monoisotopic (exact) mass is 412 g/mol. The van der Waals surface area contributed by atoms with Crippen LogP contribution in [0, 0.1) is 11.8 Å². The molecule has 6 heteroatoms. The van der Waals surface area contributed by atoms with Gasteiger partial charge in [0, 0.05) is 35.5 Å². The van der Waals surface area contributed by atoms with Gasteiger partial charge in [-0.25, -0.2) is 8.42 Å². The average Bonchev–Trinajstić information content (AvgIpc) is 3.24. The van der Waals surface area contributed by atoms with Crippen LogP contribution in [0.1, 0.15) is 50.2 Å². The lowest BCUT2D eigenvalue weighted by atomic mass is 9.73. The highest BCUT2D eigenvalue weighted by atomic mass is 32.2. The van der Waals surface area contributed by atoms with Crippen molar-refractivity contribution in [1.82, 2.24) is 0 Å². The van der Waals surface area contributed by atoms with Gasteiger partial charge in [-0.1, -0.05) is 37.5 Å². The number of nitrogens with one attached hydrogen (secondary N) is 2. The van der Waals surface area contributed by atoms with E-state index >= 15 is 0 Å². The van der Waals surface area contributed by atoms with E-state index in [0.29, 0.717) is 23.6 Å². The molecule has 2 N–H and O–H groups in total. The Balaban J connectivity index is 1.45. The van der Waals surface area contributed by atoms with Crippen LogP contribution in [0.5, 0.6) is 0 Å². The number of sulfonamides is 1. The number of benzene rings is 2. The molecular weight excluding hydrogens is 384 g/mol. The molecule has 5 rings (SSSR count). The van der Waals surface area contributed by atoms with E-state index in [1.165, 1.54) is 32.1 Å². The Bertz CT molecular complexity index is 971. The standard InChI is InChI=1S/C23H28N2O3S/c26-29(27,25-17-9-5-2-6-10-17)18-11-12-21-20(15-18)23-19(13-14-28-23)22(24-21)16-7-3-1-4-8-16/h2,5-6,9-12,15-16,19,22-25H,1,3-4,7-8,13-14H2. The fourth-order valence-corrected chi connectivity index (χ4v) is 6.43.